The Morgan fingerprint density at radius 1 is 1.28 bits per heavy atom. The first-order valence-electron chi connectivity index (χ1n) is 7.20. The molecule has 1 spiro atoms. The van der Waals surface area contributed by atoms with Crippen LogP contribution in [0.15, 0.2) is 0 Å². The van der Waals surface area contributed by atoms with Gasteiger partial charge in [-0.3, -0.25) is 0 Å². The highest BCUT2D eigenvalue weighted by Gasteiger charge is 2.44. The van der Waals surface area contributed by atoms with Crippen molar-refractivity contribution in [1.29, 1.82) is 0 Å². The summed E-state index contributed by atoms with van der Waals surface area (Å²) in [4.78, 5) is 0. The molecule has 0 aromatic heterocycles. The molecule has 3 saturated heterocycles. The van der Waals surface area contributed by atoms with E-state index in [1.807, 2.05) is 0 Å². The quantitative estimate of drug-likeness (QED) is 0.810. The molecule has 18 heavy (non-hydrogen) atoms. The largest absolute Gasteiger partial charge is 0.392 e. The Kier molecular flexibility index (Phi) is 3.63. The molecule has 0 bridgehead atoms. The van der Waals surface area contributed by atoms with E-state index in [4.69, 9.17) is 14.2 Å². The zero-order chi connectivity index (χ0) is 12.6. The van der Waals surface area contributed by atoms with Gasteiger partial charge in [-0.05, 0) is 32.1 Å². The molecule has 0 aliphatic carbocycles. The second-order valence-corrected chi connectivity index (χ2v) is 6.22. The summed E-state index contributed by atoms with van der Waals surface area (Å²) in [5.74, 6) is 0.654. The van der Waals surface area contributed by atoms with E-state index in [2.05, 4.69) is 6.92 Å². The lowest BCUT2D eigenvalue weighted by atomic mass is 9.78. The van der Waals surface area contributed by atoms with Crippen molar-refractivity contribution in [2.75, 3.05) is 26.4 Å². The lowest BCUT2D eigenvalue weighted by Crippen LogP contribution is -2.45. The smallest absolute Gasteiger partial charge is 0.0940 e. The van der Waals surface area contributed by atoms with Gasteiger partial charge in [-0.2, -0.15) is 0 Å². The van der Waals surface area contributed by atoms with Crippen molar-refractivity contribution >= 4 is 0 Å². The molecule has 0 saturated carbocycles. The van der Waals surface area contributed by atoms with Gasteiger partial charge in [0.25, 0.3) is 0 Å². The Hall–Kier alpha value is -0.160. The summed E-state index contributed by atoms with van der Waals surface area (Å²) in [6, 6.07) is 0. The highest BCUT2D eigenvalue weighted by molar-refractivity contribution is 4.94. The Balaban J connectivity index is 1.61. The molecule has 3 aliphatic heterocycles. The minimum absolute atomic E-state index is 0.102. The number of ether oxygens (including phenoxy) is 3. The van der Waals surface area contributed by atoms with Gasteiger partial charge in [0.1, 0.15) is 0 Å². The van der Waals surface area contributed by atoms with E-state index in [0.29, 0.717) is 31.2 Å². The first-order valence-corrected chi connectivity index (χ1v) is 7.20. The van der Waals surface area contributed by atoms with Crippen molar-refractivity contribution in [3.8, 4) is 0 Å². The van der Waals surface area contributed by atoms with E-state index < -0.39 is 0 Å². The lowest BCUT2D eigenvalue weighted by molar-refractivity contribution is -0.123. The third kappa shape index (κ3) is 2.44. The second kappa shape index (κ2) is 5.08. The number of hydrogen-bond acceptors (Lipinski definition) is 4. The van der Waals surface area contributed by atoms with E-state index in [-0.39, 0.29) is 11.7 Å². The van der Waals surface area contributed by atoms with E-state index in [1.165, 1.54) is 0 Å². The topological polar surface area (TPSA) is 47.9 Å². The molecule has 5 unspecified atom stereocenters. The summed E-state index contributed by atoms with van der Waals surface area (Å²) in [6.45, 7) is 5.06. The fourth-order valence-electron chi connectivity index (χ4n) is 3.69. The van der Waals surface area contributed by atoms with Gasteiger partial charge in [0.15, 0.2) is 0 Å². The molecule has 3 heterocycles. The fraction of sp³-hybridized carbons (Fsp3) is 1.00. The van der Waals surface area contributed by atoms with Crippen LogP contribution in [0.5, 0.6) is 0 Å². The summed E-state index contributed by atoms with van der Waals surface area (Å²) in [7, 11) is 0. The minimum Gasteiger partial charge on any atom is -0.392 e. The maximum atomic E-state index is 10.6. The van der Waals surface area contributed by atoms with Crippen molar-refractivity contribution in [2.45, 2.75) is 50.4 Å². The van der Waals surface area contributed by atoms with Crippen molar-refractivity contribution in [3.05, 3.63) is 0 Å². The third-order valence-electron chi connectivity index (χ3n) is 4.79. The molecule has 0 aromatic carbocycles. The summed E-state index contributed by atoms with van der Waals surface area (Å²) in [6.07, 6.45) is 3.94. The molecule has 104 valence electrons. The Morgan fingerprint density at radius 3 is 2.83 bits per heavy atom. The lowest BCUT2D eigenvalue weighted by Gasteiger charge is -2.40. The molecule has 1 N–H and O–H groups in total. The zero-order valence-corrected chi connectivity index (χ0v) is 11.1. The van der Waals surface area contributed by atoms with Crippen LogP contribution in [0.25, 0.3) is 0 Å². The fourth-order valence-corrected chi connectivity index (χ4v) is 3.69. The van der Waals surface area contributed by atoms with Crippen LogP contribution in [0.4, 0.5) is 0 Å². The Bertz CT molecular complexity index is 288. The van der Waals surface area contributed by atoms with Crippen LogP contribution in [-0.2, 0) is 14.2 Å². The first kappa shape index (κ1) is 12.9. The number of aliphatic hydroxyl groups excluding tert-OH is 1. The molecular weight excluding hydrogens is 232 g/mol. The first-order chi connectivity index (χ1) is 8.69. The summed E-state index contributed by atoms with van der Waals surface area (Å²) in [5, 5.41) is 10.6. The third-order valence-corrected chi connectivity index (χ3v) is 4.79. The van der Waals surface area contributed by atoms with Gasteiger partial charge < -0.3 is 19.3 Å². The van der Waals surface area contributed by atoms with Gasteiger partial charge in [-0.25, -0.2) is 0 Å². The standard InChI is InChI=1S/C14H24O4/c1-10-6-12(8-17-10)13(15)11-2-4-18-14(7-11)3-5-16-9-14/h10-13,15H,2-9H2,1H3. The van der Waals surface area contributed by atoms with E-state index >= 15 is 0 Å². The van der Waals surface area contributed by atoms with Gasteiger partial charge >= 0.3 is 0 Å². The number of hydrogen-bond donors (Lipinski definition) is 1. The highest BCUT2D eigenvalue weighted by Crippen LogP contribution is 2.39. The molecule has 0 radical (unpaired) electrons. The van der Waals surface area contributed by atoms with Crippen LogP contribution < -0.4 is 0 Å². The molecule has 3 fully saturated rings. The van der Waals surface area contributed by atoms with Crippen LogP contribution in [0.3, 0.4) is 0 Å². The molecular formula is C14H24O4. The predicted octanol–water partition coefficient (Wildman–Crippen LogP) is 1.36. The Morgan fingerprint density at radius 2 is 2.17 bits per heavy atom. The van der Waals surface area contributed by atoms with Crippen LogP contribution in [0.1, 0.15) is 32.6 Å². The van der Waals surface area contributed by atoms with Crippen molar-refractivity contribution in [2.24, 2.45) is 11.8 Å². The normalized spacial score (nSPS) is 46.7. The van der Waals surface area contributed by atoms with Crippen LogP contribution in [-0.4, -0.2) is 49.3 Å². The SMILES string of the molecule is CC1CC(C(O)C2CCOC3(CCOC3)C2)CO1. The van der Waals surface area contributed by atoms with E-state index in [0.717, 1.165) is 38.9 Å². The molecule has 5 atom stereocenters. The molecule has 4 heteroatoms. The molecule has 0 amide bonds. The molecule has 3 rings (SSSR count). The van der Waals surface area contributed by atoms with Crippen LogP contribution in [0, 0.1) is 11.8 Å². The average molecular weight is 256 g/mol. The highest BCUT2D eigenvalue weighted by atomic mass is 16.6. The number of rotatable bonds is 2. The van der Waals surface area contributed by atoms with E-state index in [9.17, 15) is 5.11 Å². The van der Waals surface area contributed by atoms with Crippen LogP contribution in [0.2, 0.25) is 0 Å². The van der Waals surface area contributed by atoms with Crippen LogP contribution >= 0.6 is 0 Å². The zero-order valence-electron chi connectivity index (χ0n) is 11.1. The monoisotopic (exact) mass is 256 g/mol. The van der Waals surface area contributed by atoms with Gasteiger partial charge in [-0.15, -0.1) is 0 Å². The number of aliphatic hydroxyl groups is 1. The average Bonchev–Trinajstić information content (AvgIpc) is 2.98. The second-order valence-electron chi connectivity index (χ2n) is 6.22. The maximum Gasteiger partial charge on any atom is 0.0940 e. The van der Waals surface area contributed by atoms with Crippen molar-refractivity contribution in [3.63, 3.8) is 0 Å². The molecule has 4 nitrogen and oxygen atoms in total. The Labute approximate surface area is 109 Å². The summed E-state index contributed by atoms with van der Waals surface area (Å²) >= 11 is 0. The van der Waals surface area contributed by atoms with Gasteiger partial charge in [0.05, 0.1) is 31.0 Å². The summed E-state index contributed by atoms with van der Waals surface area (Å²) in [5.41, 5.74) is -0.102. The molecule has 3 aliphatic rings. The van der Waals surface area contributed by atoms with Crippen molar-refractivity contribution in [1.82, 2.24) is 0 Å². The van der Waals surface area contributed by atoms with Gasteiger partial charge in [0, 0.05) is 25.6 Å². The summed E-state index contributed by atoms with van der Waals surface area (Å²) < 4.78 is 17.0. The molecule has 0 aromatic rings. The van der Waals surface area contributed by atoms with Gasteiger partial charge in [0.2, 0.25) is 0 Å². The van der Waals surface area contributed by atoms with Crippen molar-refractivity contribution < 1.29 is 19.3 Å². The maximum absolute atomic E-state index is 10.6. The predicted molar refractivity (Wildman–Crippen MR) is 66.4 cm³/mol. The van der Waals surface area contributed by atoms with E-state index in [1.54, 1.807) is 0 Å². The minimum atomic E-state index is -0.240. The van der Waals surface area contributed by atoms with Gasteiger partial charge in [-0.1, -0.05) is 0 Å².